The van der Waals surface area contributed by atoms with Crippen LogP contribution in [0.15, 0.2) is 24.5 Å². The van der Waals surface area contributed by atoms with E-state index in [-0.39, 0.29) is 18.6 Å². The zero-order valence-corrected chi connectivity index (χ0v) is 19.6. The number of hydrogen-bond acceptors (Lipinski definition) is 15. The molecule has 37 heavy (non-hydrogen) atoms. The van der Waals surface area contributed by atoms with Crippen LogP contribution in [0.3, 0.4) is 0 Å². The van der Waals surface area contributed by atoms with Crippen molar-refractivity contribution >= 4 is 5.97 Å². The van der Waals surface area contributed by atoms with Crippen molar-refractivity contribution in [1.82, 2.24) is 0 Å². The zero-order chi connectivity index (χ0) is 27.1. The summed E-state index contributed by atoms with van der Waals surface area (Å²) >= 11 is 0. The Kier molecular flexibility index (Phi) is 8.25. The van der Waals surface area contributed by atoms with Gasteiger partial charge in [0.2, 0.25) is 12.1 Å². The van der Waals surface area contributed by atoms with E-state index in [0.717, 1.165) is 6.26 Å². The molecule has 8 N–H and O–H groups in total. The van der Waals surface area contributed by atoms with Crippen LogP contribution in [0.2, 0.25) is 0 Å². The van der Waals surface area contributed by atoms with Crippen molar-refractivity contribution in [3.63, 3.8) is 0 Å². The molecule has 0 saturated carbocycles. The maximum absolute atomic E-state index is 12.1. The summed E-state index contributed by atoms with van der Waals surface area (Å²) in [6.07, 6.45) is -12.1. The quantitative estimate of drug-likeness (QED) is 0.108. The van der Waals surface area contributed by atoms with Gasteiger partial charge in [-0.3, -0.25) is 0 Å². The summed E-state index contributed by atoms with van der Waals surface area (Å²) in [5.41, 5.74) is -1.88. The lowest BCUT2D eigenvalue weighted by Crippen LogP contribution is -2.62. The second-order valence-corrected chi connectivity index (χ2v) is 9.31. The van der Waals surface area contributed by atoms with E-state index < -0.39 is 98.4 Å². The molecule has 0 aliphatic carbocycles. The maximum Gasteiger partial charge on any atom is 0.340 e. The van der Waals surface area contributed by atoms with E-state index in [4.69, 9.17) is 28.4 Å². The third kappa shape index (κ3) is 4.80. The molecule has 0 spiro atoms. The molecule has 0 amide bonds. The summed E-state index contributed by atoms with van der Waals surface area (Å²) in [6, 6.07) is 0. The highest BCUT2D eigenvalue weighted by Gasteiger charge is 2.57. The second-order valence-electron chi connectivity index (χ2n) is 9.31. The van der Waals surface area contributed by atoms with Crippen LogP contribution in [0.25, 0.3) is 0 Å². The first-order valence-corrected chi connectivity index (χ1v) is 11.7. The zero-order valence-electron chi connectivity index (χ0n) is 19.6. The molecule has 0 bridgehead atoms. The predicted octanol–water partition coefficient (Wildman–Crippen LogP) is -4.65. The number of aliphatic hydroxyl groups excluding tert-OH is 7. The number of ether oxygens (including phenoxy) is 6. The number of esters is 1. The van der Waals surface area contributed by atoms with Gasteiger partial charge in [0.05, 0.1) is 32.0 Å². The highest BCUT2D eigenvalue weighted by atomic mass is 16.8. The van der Waals surface area contributed by atoms with Gasteiger partial charge in [0.1, 0.15) is 60.5 Å². The molecule has 0 radical (unpaired) electrons. The highest BCUT2D eigenvalue weighted by Crippen LogP contribution is 2.42. The summed E-state index contributed by atoms with van der Waals surface area (Å²) in [4.78, 5) is 12.1. The maximum atomic E-state index is 12.1. The minimum absolute atomic E-state index is 0.0165. The topological polar surface area (TPSA) is 234 Å². The number of hydrogen-bond donors (Lipinski definition) is 8. The lowest BCUT2D eigenvalue weighted by molar-refractivity contribution is -0.356. The van der Waals surface area contributed by atoms with Crippen molar-refractivity contribution in [2.24, 2.45) is 5.92 Å². The van der Waals surface area contributed by atoms with Crippen LogP contribution in [-0.4, -0.2) is 140 Å². The fourth-order valence-corrected chi connectivity index (χ4v) is 4.87. The average Bonchev–Trinajstić information content (AvgIpc) is 3.13. The molecule has 4 heterocycles. The van der Waals surface area contributed by atoms with E-state index >= 15 is 0 Å². The third-order valence-electron chi connectivity index (χ3n) is 7.16. The van der Waals surface area contributed by atoms with Gasteiger partial charge in [0.15, 0.2) is 6.29 Å². The Morgan fingerprint density at radius 1 is 1.05 bits per heavy atom. The number of aliphatic hydroxyl groups is 8. The molecule has 15 nitrogen and oxygen atoms in total. The van der Waals surface area contributed by atoms with Gasteiger partial charge in [0.25, 0.3) is 0 Å². The molecule has 0 unspecified atom stereocenters. The molecule has 3 saturated heterocycles. The van der Waals surface area contributed by atoms with Crippen molar-refractivity contribution in [3.8, 4) is 0 Å². The largest absolute Gasteiger partial charge is 0.471 e. The molecule has 210 valence electrons. The minimum Gasteiger partial charge on any atom is -0.471 e. The SMILES string of the molecule is C=C[C@H]1[C@H](O[C@@H]2O[C@H](CO[C@]3(CO)O[C@H](CO)[C@@H](O)[C@@H]3O)[C@@H](O)[C@H](O)[C@H]2O)OC=C2C(=O)OCC[C@]21O. The Hall–Kier alpha value is -1.73. The Labute approximate surface area is 210 Å². The van der Waals surface area contributed by atoms with E-state index in [1.54, 1.807) is 0 Å². The first-order valence-electron chi connectivity index (χ1n) is 11.7. The Balaban J connectivity index is 1.48. The van der Waals surface area contributed by atoms with Crippen molar-refractivity contribution in [2.75, 3.05) is 26.4 Å². The van der Waals surface area contributed by atoms with Gasteiger partial charge in [-0.1, -0.05) is 6.08 Å². The molecular formula is C22H32O15. The molecule has 12 atom stereocenters. The molecule has 0 aromatic heterocycles. The van der Waals surface area contributed by atoms with Crippen LogP contribution in [0.1, 0.15) is 6.42 Å². The molecular weight excluding hydrogens is 504 g/mol. The Morgan fingerprint density at radius 2 is 1.78 bits per heavy atom. The predicted molar refractivity (Wildman–Crippen MR) is 115 cm³/mol. The first-order chi connectivity index (χ1) is 17.5. The molecule has 3 fully saturated rings. The fraction of sp³-hybridized carbons (Fsp3) is 0.773. The third-order valence-corrected chi connectivity index (χ3v) is 7.16. The molecule has 4 aliphatic heterocycles. The van der Waals surface area contributed by atoms with Crippen LogP contribution < -0.4 is 0 Å². The van der Waals surface area contributed by atoms with E-state index in [2.05, 4.69) is 6.58 Å². The summed E-state index contributed by atoms with van der Waals surface area (Å²) in [6.45, 7) is 1.33. The Bertz CT molecular complexity index is 882. The van der Waals surface area contributed by atoms with Crippen LogP contribution in [0.4, 0.5) is 0 Å². The summed E-state index contributed by atoms with van der Waals surface area (Å²) in [5, 5.41) is 81.8. The fourth-order valence-electron chi connectivity index (χ4n) is 4.87. The standard InChI is InChI=1S/C22H32O15/c1-2-9-19(33-6-10-18(30)32-4-3-21(9,10)31)36-20-16(28)15(27)13(25)12(35-20)7-34-22(8-24)17(29)14(26)11(5-23)37-22/h2,6,9,11-17,19-20,23-29,31H,1,3-5,7-8H2/t9-,11+,12+,13+,14+,15-,16+,17-,19-,20-,21+,22+/m0/s1. The molecule has 4 aliphatic rings. The monoisotopic (exact) mass is 536 g/mol. The van der Waals surface area contributed by atoms with Crippen molar-refractivity contribution in [3.05, 3.63) is 24.5 Å². The average molecular weight is 536 g/mol. The van der Waals surface area contributed by atoms with Gasteiger partial charge in [-0.05, 0) is 0 Å². The summed E-state index contributed by atoms with van der Waals surface area (Å²) in [5.74, 6) is -3.97. The van der Waals surface area contributed by atoms with E-state index in [9.17, 15) is 45.6 Å². The number of cyclic esters (lactones) is 1. The molecule has 0 aromatic carbocycles. The first kappa shape index (κ1) is 28.3. The van der Waals surface area contributed by atoms with Crippen LogP contribution >= 0.6 is 0 Å². The Morgan fingerprint density at radius 3 is 2.41 bits per heavy atom. The summed E-state index contributed by atoms with van der Waals surface area (Å²) < 4.78 is 32.4. The summed E-state index contributed by atoms with van der Waals surface area (Å²) in [7, 11) is 0. The second kappa shape index (κ2) is 10.8. The van der Waals surface area contributed by atoms with Crippen molar-refractivity contribution in [1.29, 1.82) is 0 Å². The molecule has 15 heteroatoms. The van der Waals surface area contributed by atoms with Crippen molar-refractivity contribution in [2.45, 2.75) is 73.1 Å². The highest BCUT2D eigenvalue weighted by molar-refractivity contribution is 5.91. The molecule has 4 rings (SSSR count). The normalized spacial score (nSPS) is 48.0. The van der Waals surface area contributed by atoms with Gasteiger partial charge >= 0.3 is 5.97 Å². The molecule has 0 aromatic rings. The van der Waals surface area contributed by atoms with Gasteiger partial charge < -0.3 is 69.3 Å². The van der Waals surface area contributed by atoms with E-state index in [1.807, 2.05) is 0 Å². The van der Waals surface area contributed by atoms with Gasteiger partial charge in [-0.25, -0.2) is 4.79 Å². The van der Waals surface area contributed by atoms with Gasteiger partial charge in [-0.2, -0.15) is 0 Å². The van der Waals surface area contributed by atoms with Gasteiger partial charge in [-0.15, -0.1) is 6.58 Å². The minimum atomic E-state index is -2.17. The van der Waals surface area contributed by atoms with Crippen LogP contribution in [0.5, 0.6) is 0 Å². The number of rotatable bonds is 8. The van der Waals surface area contributed by atoms with E-state index in [0.29, 0.717) is 0 Å². The lowest BCUT2D eigenvalue weighted by atomic mass is 9.76. The lowest BCUT2D eigenvalue weighted by Gasteiger charge is -2.46. The van der Waals surface area contributed by atoms with Crippen LogP contribution in [-0.2, 0) is 33.2 Å². The van der Waals surface area contributed by atoms with E-state index in [1.165, 1.54) is 6.08 Å². The number of carbonyl (C=O) groups is 1. The number of fused-ring (bicyclic) bond motifs is 1. The van der Waals surface area contributed by atoms with Crippen LogP contribution in [0, 0.1) is 5.92 Å². The van der Waals surface area contributed by atoms with Crippen molar-refractivity contribution < 1.29 is 74.1 Å². The smallest absolute Gasteiger partial charge is 0.340 e. The number of carbonyl (C=O) groups excluding carboxylic acids is 1. The van der Waals surface area contributed by atoms with Gasteiger partial charge in [0, 0.05) is 6.42 Å².